The number of carbonyl (C=O) groups excluding carboxylic acids is 3. The molecule has 6 heteroatoms. The van der Waals surface area contributed by atoms with Gasteiger partial charge in [-0.15, -0.1) is 0 Å². The molecule has 0 heterocycles. The Morgan fingerprint density at radius 3 is 1.12 bits per heavy atom. The predicted molar refractivity (Wildman–Crippen MR) is 274 cm³/mol. The van der Waals surface area contributed by atoms with Crippen LogP contribution < -0.4 is 0 Å². The third-order valence-electron chi connectivity index (χ3n) is 11.5. The first kappa shape index (κ1) is 60.9. The molecule has 0 saturated carbocycles. The Kier molecular flexibility index (Phi) is 49.9. The molecule has 368 valence electrons. The molecule has 0 aliphatic rings. The Morgan fingerprint density at radius 2 is 0.672 bits per heavy atom. The highest BCUT2D eigenvalue weighted by Crippen LogP contribution is 2.14. The maximum Gasteiger partial charge on any atom is 0.306 e. The number of hydrogen-bond donors (Lipinski definition) is 0. The summed E-state index contributed by atoms with van der Waals surface area (Å²) in [6.07, 6.45) is 65.9. The van der Waals surface area contributed by atoms with Gasteiger partial charge in [0.25, 0.3) is 0 Å². The largest absolute Gasteiger partial charge is 0.462 e. The summed E-state index contributed by atoms with van der Waals surface area (Å²) in [5.41, 5.74) is 0. The lowest BCUT2D eigenvalue weighted by atomic mass is 10.1. The Bertz CT molecular complexity index is 1210. The SMILES string of the molecule is CC\C=C/C=C\C=C/CCCCCCCCCC(=O)OC(COC(=O)CCCCC/C=C\CCCCCCCCC)COC(=O)CCCCCCCCC/C=C\C/C=C\CCCCC. The molecule has 0 rings (SSSR count). The van der Waals surface area contributed by atoms with Crippen LogP contribution in [0.25, 0.3) is 0 Å². The predicted octanol–water partition coefficient (Wildman–Crippen LogP) is 17.8. The number of unbranched alkanes of at least 4 members (excludes halogenated alkanes) is 27. The van der Waals surface area contributed by atoms with Crippen LogP contribution in [-0.2, 0) is 28.6 Å². The van der Waals surface area contributed by atoms with Gasteiger partial charge in [0.05, 0.1) is 0 Å². The van der Waals surface area contributed by atoms with Gasteiger partial charge in [-0.05, 0) is 96.3 Å². The van der Waals surface area contributed by atoms with E-state index in [9.17, 15) is 14.4 Å². The van der Waals surface area contributed by atoms with Gasteiger partial charge in [-0.2, -0.15) is 0 Å². The second-order valence-electron chi connectivity index (χ2n) is 17.8. The maximum absolute atomic E-state index is 12.8. The van der Waals surface area contributed by atoms with Crippen molar-refractivity contribution in [1.82, 2.24) is 0 Å². The fourth-order valence-corrected chi connectivity index (χ4v) is 7.41. The lowest BCUT2D eigenvalue weighted by Crippen LogP contribution is -2.30. The van der Waals surface area contributed by atoms with Crippen LogP contribution in [0.3, 0.4) is 0 Å². The Hall–Kier alpha value is -3.15. The number of hydrogen-bond acceptors (Lipinski definition) is 6. The van der Waals surface area contributed by atoms with Crippen LogP contribution in [0.2, 0.25) is 0 Å². The Balaban J connectivity index is 4.42. The highest BCUT2D eigenvalue weighted by molar-refractivity contribution is 5.71. The van der Waals surface area contributed by atoms with E-state index in [4.69, 9.17) is 14.2 Å². The average Bonchev–Trinajstić information content (AvgIpc) is 3.29. The summed E-state index contributed by atoms with van der Waals surface area (Å²) in [4.78, 5) is 38.0. The van der Waals surface area contributed by atoms with E-state index in [2.05, 4.69) is 93.7 Å². The lowest BCUT2D eigenvalue weighted by molar-refractivity contribution is -0.167. The fourth-order valence-electron chi connectivity index (χ4n) is 7.41. The van der Waals surface area contributed by atoms with Gasteiger partial charge in [0.2, 0.25) is 0 Å². The fraction of sp³-hybridized carbons (Fsp3) is 0.741. The molecular weight excluding hydrogens is 793 g/mol. The standard InChI is InChI=1S/C58H100O6/c1-4-7-10-13-16-19-22-25-28-29-31-33-36-39-42-45-48-51-57(60)63-54-55(53-62-56(59)50-47-44-41-38-35-32-27-24-21-18-15-12-9-6-3)64-58(61)52-49-46-43-40-37-34-30-26-23-20-17-14-11-8-5-2/h8,11,14,16-17,19-20,23,25,28,32,35,55H,4-7,9-10,12-13,15,18,21-22,24,26-27,29-31,33-34,36-54H2,1-3H3/b11-8-,17-14-,19-16-,23-20-,28-25-,35-32-. The molecule has 6 nitrogen and oxygen atoms in total. The van der Waals surface area contributed by atoms with Gasteiger partial charge < -0.3 is 14.2 Å². The first-order valence-electron chi connectivity index (χ1n) is 27.0. The van der Waals surface area contributed by atoms with Crippen molar-refractivity contribution >= 4 is 17.9 Å². The van der Waals surface area contributed by atoms with Gasteiger partial charge in [0, 0.05) is 19.3 Å². The first-order valence-corrected chi connectivity index (χ1v) is 27.0. The quantitative estimate of drug-likeness (QED) is 0.0199. The van der Waals surface area contributed by atoms with E-state index in [1.807, 2.05) is 0 Å². The van der Waals surface area contributed by atoms with E-state index >= 15 is 0 Å². The van der Waals surface area contributed by atoms with Crippen LogP contribution in [0.1, 0.15) is 258 Å². The summed E-state index contributed by atoms with van der Waals surface area (Å²) in [5.74, 6) is -0.921. The van der Waals surface area contributed by atoms with E-state index in [0.717, 1.165) is 96.3 Å². The summed E-state index contributed by atoms with van der Waals surface area (Å²) < 4.78 is 16.8. The molecule has 64 heavy (non-hydrogen) atoms. The van der Waals surface area contributed by atoms with Crippen molar-refractivity contribution in [2.24, 2.45) is 0 Å². The van der Waals surface area contributed by atoms with E-state index in [-0.39, 0.29) is 31.1 Å². The third-order valence-corrected chi connectivity index (χ3v) is 11.5. The van der Waals surface area contributed by atoms with Crippen LogP contribution in [0, 0.1) is 0 Å². The summed E-state index contributed by atoms with van der Waals surface area (Å²) in [7, 11) is 0. The molecule has 1 unspecified atom stereocenters. The third kappa shape index (κ3) is 49.9. The number of rotatable bonds is 48. The minimum atomic E-state index is -0.791. The van der Waals surface area contributed by atoms with Crippen molar-refractivity contribution in [2.75, 3.05) is 13.2 Å². The van der Waals surface area contributed by atoms with Crippen molar-refractivity contribution in [3.05, 3.63) is 72.9 Å². The Labute approximate surface area is 395 Å². The van der Waals surface area contributed by atoms with Crippen LogP contribution in [0.4, 0.5) is 0 Å². The van der Waals surface area contributed by atoms with Crippen molar-refractivity contribution < 1.29 is 28.6 Å². The van der Waals surface area contributed by atoms with Crippen molar-refractivity contribution in [1.29, 1.82) is 0 Å². The van der Waals surface area contributed by atoms with E-state index < -0.39 is 6.10 Å². The van der Waals surface area contributed by atoms with Crippen LogP contribution in [0.15, 0.2) is 72.9 Å². The monoisotopic (exact) mass is 893 g/mol. The molecule has 0 spiro atoms. The lowest BCUT2D eigenvalue weighted by Gasteiger charge is -2.18. The number of esters is 3. The average molecular weight is 893 g/mol. The number of ether oxygens (including phenoxy) is 3. The first-order chi connectivity index (χ1) is 31.5. The number of carbonyl (C=O) groups is 3. The highest BCUT2D eigenvalue weighted by Gasteiger charge is 2.19. The molecular formula is C58H100O6. The van der Waals surface area contributed by atoms with Crippen molar-refractivity contribution in [3.63, 3.8) is 0 Å². The van der Waals surface area contributed by atoms with Gasteiger partial charge in [0.15, 0.2) is 6.10 Å². The minimum absolute atomic E-state index is 0.0892. The normalized spacial score (nSPS) is 12.6. The topological polar surface area (TPSA) is 78.9 Å². The molecule has 0 aromatic heterocycles. The van der Waals surface area contributed by atoms with Crippen LogP contribution >= 0.6 is 0 Å². The molecule has 0 saturated heterocycles. The maximum atomic E-state index is 12.8. The molecule has 1 atom stereocenters. The zero-order chi connectivity index (χ0) is 46.5. The smallest absolute Gasteiger partial charge is 0.306 e. The van der Waals surface area contributed by atoms with E-state index in [1.54, 1.807) is 0 Å². The molecule has 0 aliphatic heterocycles. The molecule has 0 N–H and O–H groups in total. The van der Waals surface area contributed by atoms with Gasteiger partial charge in [-0.3, -0.25) is 14.4 Å². The van der Waals surface area contributed by atoms with E-state index in [1.165, 1.54) is 122 Å². The zero-order valence-corrected chi connectivity index (χ0v) is 42.0. The van der Waals surface area contributed by atoms with Gasteiger partial charge >= 0.3 is 17.9 Å². The van der Waals surface area contributed by atoms with Crippen molar-refractivity contribution in [2.45, 2.75) is 264 Å². The molecule has 0 amide bonds. The van der Waals surface area contributed by atoms with E-state index in [0.29, 0.717) is 19.3 Å². The van der Waals surface area contributed by atoms with Crippen LogP contribution in [-0.4, -0.2) is 37.2 Å². The second kappa shape index (κ2) is 52.5. The van der Waals surface area contributed by atoms with Crippen molar-refractivity contribution in [3.8, 4) is 0 Å². The van der Waals surface area contributed by atoms with Gasteiger partial charge in [0.1, 0.15) is 13.2 Å². The molecule has 0 aromatic carbocycles. The molecule has 0 aliphatic carbocycles. The van der Waals surface area contributed by atoms with Crippen LogP contribution in [0.5, 0.6) is 0 Å². The highest BCUT2D eigenvalue weighted by atomic mass is 16.6. The van der Waals surface area contributed by atoms with Gasteiger partial charge in [-0.25, -0.2) is 0 Å². The molecule has 0 fully saturated rings. The summed E-state index contributed by atoms with van der Waals surface area (Å²) in [6, 6.07) is 0. The summed E-state index contributed by atoms with van der Waals surface area (Å²) in [6.45, 7) is 6.46. The molecule has 0 bridgehead atoms. The Morgan fingerprint density at radius 1 is 0.344 bits per heavy atom. The van der Waals surface area contributed by atoms with Gasteiger partial charge in [-0.1, -0.05) is 216 Å². The molecule has 0 aromatic rings. The number of allylic oxidation sites excluding steroid dienone is 12. The second-order valence-corrected chi connectivity index (χ2v) is 17.8. The minimum Gasteiger partial charge on any atom is -0.462 e. The molecule has 0 radical (unpaired) electrons. The summed E-state index contributed by atoms with van der Waals surface area (Å²) >= 11 is 0. The summed E-state index contributed by atoms with van der Waals surface area (Å²) in [5, 5.41) is 0. The zero-order valence-electron chi connectivity index (χ0n) is 42.0.